The Morgan fingerprint density at radius 1 is 0.949 bits per heavy atom. The molecule has 39 heavy (non-hydrogen) atoms. The molecule has 1 atom stereocenters. The fraction of sp³-hybridized carbons (Fsp3) is 0.258. The zero-order valence-electron chi connectivity index (χ0n) is 22.6. The molecule has 1 amide bonds. The molecule has 1 fully saturated rings. The molecule has 0 radical (unpaired) electrons. The van der Waals surface area contributed by atoms with Gasteiger partial charge in [0.25, 0.3) is 11.7 Å². The molecular formula is C31H31NO7. The number of ketones is 1. The quantitative estimate of drug-likeness (QED) is 0.175. The predicted molar refractivity (Wildman–Crippen MR) is 147 cm³/mol. The van der Waals surface area contributed by atoms with Crippen LogP contribution in [0.15, 0.2) is 72.3 Å². The summed E-state index contributed by atoms with van der Waals surface area (Å²) in [6, 6.07) is 17.4. The highest BCUT2D eigenvalue weighted by molar-refractivity contribution is 6.51. The van der Waals surface area contributed by atoms with Gasteiger partial charge in [0.15, 0.2) is 0 Å². The number of rotatable bonds is 8. The van der Waals surface area contributed by atoms with Crippen LogP contribution in [0, 0.1) is 0 Å². The maximum atomic E-state index is 13.6. The Hall–Kier alpha value is -4.59. The Balaban J connectivity index is 1.97. The van der Waals surface area contributed by atoms with Gasteiger partial charge in [-0.15, -0.1) is 0 Å². The first-order chi connectivity index (χ1) is 18.7. The lowest BCUT2D eigenvalue weighted by molar-refractivity contribution is -0.132. The summed E-state index contributed by atoms with van der Waals surface area (Å²) in [7, 11) is 2.75. The van der Waals surface area contributed by atoms with Crippen molar-refractivity contribution in [1.29, 1.82) is 0 Å². The maximum absolute atomic E-state index is 13.6. The van der Waals surface area contributed by atoms with E-state index >= 15 is 0 Å². The third kappa shape index (κ3) is 5.10. The molecule has 3 aromatic rings. The van der Waals surface area contributed by atoms with Gasteiger partial charge in [-0.25, -0.2) is 4.79 Å². The second-order valence-corrected chi connectivity index (χ2v) is 9.29. The summed E-state index contributed by atoms with van der Waals surface area (Å²) in [5.74, 6) is -1.41. The molecule has 1 aliphatic heterocycles. The Kier molecular flexibility index (Phi) is 8.04. The van der Waals surface area contributed by atoms with Gasteiger partial charge in [-0.05, 0) is 60.9 Å². The largest absolute Gasteiger partial charge is 0.507 e. The number of methoxy groups -OCH3 is 2. The number of benzene rings is 3. The van der Waals surface area contributed by atoms with Crippen molar-refractivity contribution in [3.8, 4) is 11.5 Å². The SMILES string of the molecule is CCOc1ccc(/C(O)=C2\C(=O)C(=O)N(c3cccc(C(=O)OC)c3)C2c2ccccc2OC)cc1C(C)C. The van der Waals surface area contributed by atoms with Crippen molar-refractivity contribution >= 4 is 29.1 Å². The van der Waals surface area contributed by atoms with Crippen molar-refractivity contribution in [2.24, 2.45) is 0 Å². The van der Waals surface area contributed by atoms with E-state index in [2.05, 4.69) is 0 Å². The fourth-order valence-electron chi connectivity index (χ4n) is 4.78. The Bertz CT molecular complexity index is 1460. The normalized spacial score (nSPS) is 16.5. The lowest BCUT2D eigenvalue weighted by Crippen LogP contribution is -2.29. The molecular weight excluding hydrogens is 498 g/mol. The zero-order valence-corrected chi connectivity index (χ0v) is 22.6. The van der Waals surface area contributed by atoms with Gasteiger partial charge in [0.05, 0.1) is 38.0 Å². The molecule has 0 saturated carbocycles. The summed E-state index contributed by atoms with van der Waals surface area (Å²) >= 11 is 0. The second kappa shape index (κ2) is 11.4. The van der Waals surface area contributed by atoms with Gasteiger partial charge in [0.2, 0.25) is 0 Å². The molecule has 8 nitrogen and oxygen atoms in total. The minimum atomic E-state index is -1.02. The molecule has 0 spiro atoms. The summed E-state index contributed by atoms with van der Waals surface area (Å²) in [5, 5.41) is 11.6. The molecule has 1 heterocycles. The number of hydrogen-bond acceptors (Lipinski definition) is 7. The Labute approximate surface area is 227 Å². The van der Waals surface area contributed by atoms with E-state index in [0.29, 0.717) is 34.9 Å². The average Bonchev–Trinajstić information content (AvgIpc) is 3.22. The van der Waals surface area contributed by atoms with E-state index in [1.54, 1.807) is 60.7 Å². The minimum absolute atomic E-state index is 0.0767. The van der Waals surface area contributed by atoms with Crippen LogP contribution in [0.25, 0.3) is 5.76 Å². The second-order valence-electron chi connectivity index (χ2n) is 9.29. The molecule has 1 unspecified atom stereocenters. The number of carbonyl (C=O) groups excluding carboxylic acids is 3. The standard InChI is InChI=1S/C31H31NO7/c1-6-39-25-15-14-19(17-23(25)18(2)3)28(33)26-27(22-12-7-8-13-24(22)37-4)32(30(35)29(26)34)21-11-9-10-20(16-21)31(36)38-5/h7-18,27,33H,6H2,1-5H3/b28-26+. The molecule has 202 valence electrons. The van der Waals surface area contributed by atoms with Crippen LogP contribution in [0.5, 0.6) is 11.5 Å². The number of esters is 1. The number of carbonyl (C=O) groups is 3. The topological polar surface area (TPSA) is 102 Å². The van der Waals surface area contributed by atoms with Crippen molar-refractivity contribution in [2.75, 3.05) is 25.7 Å². The Morgan fingerprint density at radius 2 is 1.69 bits per heavy atom. The van der Waals surface area contributed by atoms with Gasteiger partial charge in [-0.1, -0.05) is 38.1 Å². The molecule has 8 heteroatoms. The highest BCUT2D eigenvalue weighted by Crippen LogP contribution is 2.45. The van der Waals surface area contributed by atoms with Gasteiger partial charge in [0.1, 0.15) is 17.3 Å². The molecule has 0 aromatic heterocycles. The van der Waals surface area contributed by atoms with Crippen molar-refractivity contribution in [3.63, 3.8) is 0 Å². The zero-order chi connectivity index (χ0) is 28.3. The summed E-state index contributed by atoms with van der Waals surface area (Å²) in [6.45, 7) is 6.38. The van der Waals surface area contributed by atoms with Crippen LogP contribution in [0.3, 0.4) is 0 Å². The van der Waals surface area contributed by atoms with E-state index < -0.39 is 23.7 Å². The third-order valence-electron chi connectivity index (χ3n) is 6.63. The smallest absolute Gasteiger partial charge is 0.337 e. The van der Waals surface area contributed by atoms with Crippen LogP contribution in [0.1, 0.15) is 59.8 Å². The number of anilines is 1. The van der Waals surface area contributed by atoms with Gasteiger partial charge in [0, 0.05) is 16.8 Å². The number of para-hydroxylation sites is 1. The van der Waals surface area contributed by atoms with Gasteiger partial charge in [-0.2, -0.15) is 0 Å². The first kappa shape index (κ1) is 27.4. The van der Waals surface area contributed by atoms with E-state index in [4.69, 9.17) is 14.2 Å². The highest BCUT2D eigenvalue weighted by atomic mass is 16.5. The van der Waals surface area contributed by atoms with Crippen molar-refractivity contribution in [1.82, 2.24) is 0 Å². The van der Waals surface area contributed by atoms with Gasteiger partial charge < -0.3 is 19.3 Å². The summed E-state index contributed by atoms with van der Waals surface area (Å²) in [6.07, 6.45) is 0. The minimum Gasteiger partial charge on any atom is -0.507 e. The van der Waals surface area contributed by atoms with Crippen molar-refractivity contribution in [2.45, 2.75) is 32.7 Å². The molecule has 3 aromatic carbocycles. The molecule has 0 aliphatic carbocycles. The highest BCUT2D eigenvalue weighted by Gasteiger charge is 2.48. The monoisotopic (exact) mass is 529 g/mol. The number of hydrogen-bond donors (Lipinski definition) is 1. The van der Waals surface area contributed by atoms with Gasteiger partial charge >= 0.3 is 5.97 Å². The lowest BCUT2D eigenvalue weighted by atomic mass is 9.92. The molecule has 0 bridgehead atoms. The molecule has 1 aliphatic rings. The van der Waals surface area contributed by atoms with Crippen LogP contribution < -0.4 is 14.4 Å². The van der Waals surface area contributed by atoms with Crippen LogP contribution in [-0.2, 0) is 14.3 Å². The van der Waals surface area contributed by atoms with E-state index in [1.807, 2.05) is 20.8 Å². The first-order valence-electron chi connectivity index (χ1n) is 12.6. The Morgan fingerprint density at radius 3 is 2.36 bits per heavy atom. The number of nitrogens with zero attached hydrogens (tertiary/aromatic N) is 1. The average molecular weight is 530 g/mol. The van der Waals surface area contributed by atoms with E-state index in [9.17, 15) is 19.5 Å². The lowest BCUT2D eigenvalue weighted by Gasteiger charge is -2.27. The maximum Gasteiger partial charge on any atom is 0.337 e. The van der Waals surface area contributed by atoms with E-state index in [-0.39, 0.29) is 22.8 Å². The number of aliphatic hydroxyl groups is 1. The number of aliphatic hydroxyl groups excluding tert-OH is 1. The van der Waals surface area contributed by atoms with Crippen LogP contribution in [0.2, 0.25) is 0 Å². The van der Waals surface area contributed by atoms with Gasteiger partial charge in [-0.3, -0.25) is 14.5 Å². The number of ether oxygens (including phenoxy) is 3. The fourth-order valence-corrected chi connectivity index (χ4v) is 4.78. The molecule has 1 N–H and O–H groups in total. The third-order valence-corrected chi connectivity index (χ3v) is 6.63. The summed E-state index contributed by atoms with van der Waals surface area (Å²) in [5.41, 5.74) is 2.15. The van der Waals surface area contributed by atoms with Crippen LogP contribution in [-0.4, -0.2) is 43.6 Å². The summed E-state index contributed by atoms with van der Waals surface area (Å²) in [4.78, 5) is 40.6. The van der Waals surface area contributed by atoms with Crippen molar-refractivity contribution in [3.05, 3.63) is 94.6 Å². The first-order valence-corrected chi connectivity index (χ1v) is 12.6. The number of Topliss-reactive ketones (excluding diaryl/α,β-unsaturated/α-hetero) is 1. The van der Waals surface area contributed by atoms with Crippen LogP contribution in [0.4, 0.5) is 5.69 Å². The molecule has 1 saturated heterocycles. The van der Waals surface area contributed by atoms with E-state index in [1.165, 1.54) is 25.2 Å². The molecule has 4 rings (SSSR count). The van der Waals surface area contributed by atoms with Crippen molar-refractivity contribution < 1.29 is 33.7 Å². The number of amides is 1. The summed E-state index contributed by atoms with van der Waals surface area (Å²) < 4.78 is 16.2. The predicted octanol–water partition coefficient (Wildman–Crippen LogP) is 5.63. The van der Waals surface area contributed by atoms with Crippen LogP contribution >= 0.6 is 0 Å². The van der Waals surface area contributed by atoms with E-state index in [0.717, 1.165) is 5.56 Å².